The maximum Gasteiger partial charge on any atom is 0.222 e. The zero-order chi connectivity index (χ0) is 10.5. The predicted octanol–water partition coefficient (Wildman–Crippen LogP) is 1.20. The zero-order valence-electron chi connectivity index (χ0n) is 9.16. The predicted molar refractivity (Wildman–Crippen MR) is 60.9 cm³/mol. The third-order valence-electron chi connectivity index (χ3n) is 2.80. The van der Waals surface area contributed by atoms with Gasteiger partial charge in [0.15, 0.2) is 0 Å². The van der Waals surface area contributed by atoms with Crippen LogP contribution in [0.1, 0.15) is 18.5 Å². The van der Waals surface area contributed by atoms with Crippen LogP contribution in [0.2, 0.25) is 0 Å². The van der Waals surface area contributed by atoms with Gasteiger partial charge in [0.2, 0.25) is 5.95 Å². The summed E-state index contributed by atoms with van der Waals surface area (Å²) in [6.07, 6.45) is 4.30. The van der Waals surface area contributed by atoms with Crippen molar-refractivity contribution in [1.29, 1.82) is 0 Å². The molecule has 0 aliphatic carbocycles. The van der Waals surface area contributed by atoms with E-state index in [0.717, 1.165) is 37.2 Å². The van der Waals surface area contributed by atoms with Crippen LogP contribution < -0.4 is 10.6 Å². The van der Waals surface area contributed by atoms with Gasteiger partial charge in [-0.2, -0.15) is 0 Å². The highest BCUT2D eigenvalue weighted by molar-refractivity contribution is 5.24. The third-order valence-corrected chi connectivity index (χ3v) is 2.80. The summed E-state index contributed by atoms with van der Waals surface area (Å²) in [6, 6.07) is 1.91. The number of hydrogen-bond acceptors (Lipinski definition) is 4. The summed E-state index contributed by atoms with van der Waals surface area (Å²) in [4.78, 5) is 8.51. The van der Waals surface area contributed by atoms with Crippen LogP contribution in [0.3, 0.4) is 0 Å². The normalized spacial score (nSPS) is 17.7. The van der Waals surface area contributed by atoms with Gasteiger partial charge in [-0.3, -0.25) is 0 Å². The third kappa shape index (κ3) is 3.16. The molecule has 0 amide bonds. The standard InChI is InChI=1S/C11H18N4/c1-9-2-7-13-11(15-9)14-8-10-3-5-12-6-4-10/h2,7,10,12H,3-6,8H2,1H3,(H,13,14,15). The minimum atomic E-state index is 0.758. The van der Waals surface area contributed by atoms with Gasteiger partial charge in [-0.25, -0.2) is 9.97 Å². The summed E-state index contributed by atoms with van der Waals surface area (Å²) in [5.74, 6) is 1.52. The highest BCUT2D eigenvalue weighted by atomic mass is 15.1. The molecule has 82 valence electrons. The Balaban J connectivity index is 1.81. The topological polar surface area (TPSA) is 49.8 Å². The molecule has 1 aliphatic heterocycles. The summed E-state index contributed by atoms with van der Waals surface area (Å²) < 4.78 is 0. The van der Waals surface area contributed by atoms with E-state index < -0.39 is 0 Å². The van der Waals surface area contributed by atoms with Crippen molar-refractivity contribution in [2.75, 3.05) is 25.0 Å². The van der Waals surface area contributed by atoms with Gasteiger partial charge in [0, 0.05) is 18.4 Å². The molecule has 4 heteroatoms. The zero-order valence-corrected chi connectivity index (χ0v) is 9.16. The van der Waals surface area contributed by atoms with Crippen LogP contribution in [-0.2, 0) is 0 Å². The lowest BCUT2D eigenvalue weighted by Gasteiger charge is -2.22. The number of anilines is 1. The van der Waals surface area contributed by atoms with Crippen molar-refractivity contribution in [2.45, 2.75) is 19.8 Å². The second-order valence-corrected chi connectivity index (χ2v) is 4.10. The van der Waals surface area contributed by atoms with Gasteiger partial charge in [0.25, 0.3) is 0 Å². The van der Waals surface area contributed by atoms with Crippen molar-refractivity contribution in [1.82, 2.24) is 15.3 Å². The Morgan fingerprint density at radius 2 is 2.27 bits per heavy atom. The van der Waals surface area contributed by atoms with Crippen molar-refractivity contribution in [3.8, 4) is 0 Å². The van der Waals surface area contributed by atoms with E-state index >= 15 is 0 Å². The van der Waals surface area contributed by atoms with Crippen LogP contribution in [0.15, 0.2) is 12.3 Å². The van der Waals surface area contributed by atoms with E-state index in [0.29, 0.717) is 0 Å². The molecule has 1 aromatic heterocycles. The van der Waals surface area contributed by atoms with Crippen molar-refractivity contribution in [2.24, 2.45) is 5.92 Å². The Morgan fingerprint density at radius 3 is 3.00 bits per heavy atom. The molecule has 0 aromatic carbocycles. The number of aryl methyl sites for hydroxylation is 1. The molecule has 4 nitrogen and oxygen atoms in total. The number of nitrogens with one attached hydrogen (secondary N) is 2. The molecule has 0 radical (unpaired) electrons. The molecule has 0 spiro atoms. The van der Waals surface area contributed by atoms with Crippen LogP contribution in [0.4, 0.5) is 5.95 Å². The largest absolute Gasteiger partial charge is 0.354 e. The first-order chi connectivity index (χ1) is 7.34. The Morgan fingerprint density at radius 1 is 1.47 bits per heavy atom. The smallest absolute Gasteiger partial charge is 0.222 e. The van der Waals surface area contributed by atoms with Gasteiger partial charge in [-0.1, -0.05) is 0 Å². The highest BCUT2D eigenvalue weighted by Gasteiger charge is 2.12. The quantitative estimate of drug-likeness (QED) is 0.780. The summed E-state index contributed by atoms with van der Waals surface area (Å²) in [5, 5.41) is 6.67. The van der Waals surface area contributed by atoms with E-state index in [-0.39, 0.29) is 0 Å². The summed E-state index contributed by atoms with van der Waals surface area (Å²) in [6.45, 7) is 5.25. The Bertz CT molecular complexity index is 307. The average Bonchev–Trinajstić information content (AvgIpc) is 2.28. The van der Waals surface area contributed by atoms with Crippen LogP contribution in [0.25, 0.3) is 0 Å². The van der Waals surface area contributed by atoms with E-state index in [1.165, 1.54) is 12.8 Å². The SMILES string of the molecule is Cc1ccnc(NCC2CCNCC2)n1. The first kappa shape index (κ1) is 10.4. The number of nitrogens with zero attached hydrogens (tertiary/aromatic N) is 2. The first-order valence-corrected chi connectivity index (χ1v) is 5.59. The van der Waals surface area contributed by atoms with E-state index in [1.54, 1.807) is 6.20 Å². The second kappa shape index (κ2) is 5.07. The Kier molecular flexibility index (Phi) is 3.50. The fraction of sp³-hybridized carbons (Fsp3) is 0.636. The fourth-order valence-corrected chi connectivity index (χ4v) is 1.86. The van der Waals surface area contributed by atoms with E-state index in [1.807, 2.05) is 13.0 Å². The number of aromatic nitrogens is 2. The molecule has 1 fully saturated rings. The highest BCUT2D eigenvalue weighted by Crippen LogP contribution is 2.11. The molecule has 2 rings (SSSR count). The van der Waals surface area contributed by atoms with Crippen molar-refractivity contribution in [3.05, 3.63) is 18.0 Å². The lowest BCUT2D eigenvalue weighted by atomic mass is 9.98. The number of hydrogen-bond donors (Lipinski definition) is 2. The molecule has 1 aromatic rings. The number of piperidine rings is 1. The molecule has 2 N–H and O–H groups in total. The molecule has 0 bridgehead atoms. The molecule has 0 atom stereocenters. The lowest BCUT2D eigenvalue weighted by molar-refractivity contribution is 0.389. The minimum absolute atomic E-state index is 0.758. The van der Waals surface area contributed by atoms with Crippen LogP contribution in [0.5, 0.6) is 0 Å². The molecule has 1 aliphatic rings. The van der Waals surface area contributed by atoms with Gasteiger partial charge in [0.1, 0.15) is 0 Å². The molecular weight excluding hydrogens is 188 g/mol. The summed E-state index contributed by atoms with van der Waals surface area (Å²) >= 11 is 0. The molecular formula is C11H18N4. The van der Waals surface area contributed by atoms with Crippen molar-refractivity contribution in [3.63, 3.8) is 0 Å². The first-order valence-electron chi connectivity index (χ1n) is 5.59. The molecule has 1 saturated heterocycles. The van der Waals surface area contributed by atoms with Crippen molar-refractivity contribution >= 4 is 5.95 Å². The van der Waals surface area contributed by atoms with E-state index in [9.17, 15) is 0 Å². The monoisotopic (exact) mass is 206 g/mol. The molecule has 0 saturated carbocycles. The Hall–Kier alpha value is -1.16. The van der Waals surface area contributed by atoms with Crippen LogP contribution in [-0.4, -0.2) is 29.6 Å². The van der Waals surface area contributed by atoms with E-state index in [4.69, 9.17) is 0 Å². The van der Waals surface area contributed by atoms with Gasteiger partial charge < -0.3 is 10.6 Å². The molecule has 0 unspecified atom stereocenters. The number of rotatable bonds is 3. The van der Waals surface area contributed by atoms with Crippen molar-refractivity contribution < 1.29 is 0 Å². The minimum Gasteiger partial charge on any atom is -0.354 e. The van der Waals surface area contributed by atoms with Gasteiger partial charge in [-0.15, -0.1) is 0 Å². The Labute approximate surface area is 90.5 Å². The van der Waals surface area contributed by atoms with E-state index in [2.05, 4.69) is 20.6 Å². The summed E-state index contributed by atoms with van der Waals surface area (Å²) in [7, 11) is 0. The van der Waals surface area contributed by atoms with Gasteiger partial charge in [-0.05, 0) is 44.8 Å². The molecule has 2 heterocycles. The summed E-state index contributed by atoms with van der Waals surface area (Å²) in [5.41, 5.74) is 1.01. The maximum absolute atomic E-state index is 4.32. The van der Waals surface area contributed by atoms with Crippen LogP contribution >= 0.6 is 0 Å². The second-order valence-electron chi connectivity index (χ2n) is 4.10. The average molecular weight is 206 g/mol. The van der Waals surface area contributed by atoms with Gasteiger partial charge in [0.05, 0.1) is 0 Å². The fourth-order valence-electron chi connectivity index (χ4n) is 1.86. The van der Waals surface area contributed by atoms with Gasteiger partial charge >= 0.3 is 0 Å². The van der Waals surface area contributed by atoms with Crippen LogP contribution in [0, 0.1) is 12.8 Å². The molecule has 15 heavy (non-hydrogen) atoms. The maximum atomic E-state index is 4.32. The lowest BCUT2D eigenvalue weighted by Crippen LogP contribution is -2.31.